The van der Waals surface area contributed by atoms with Gasteiger partial charge in [-0.3, -0.25) is 4.79 Å². The highest BCUT2D eigenvalue weighted by atomic mass is 16.1. The van der Waals surface area contributed by atoms with Gasteiger partial charge in [0, 0.05) is 5.56 Å². The van der Waals surface area contributed by atoms with E-state index in [1.807, 2.05) is 12.1 Å². The Morgan fingerprint density at radius 1 is 1.28 bits per heavy atom. The van der Waals surface area contributed by atoms with Gasteiger partial charge in [-0.25, -0.2) is 0 Å². The molecular weight excluding hydrogens is 222 g/mol. The molecule has 0 radical (unpaired) electrons. The third-order valence-electron chi connectivity index (χ3n) is 4.04. The Morgan fingerprint density at radius 3 is 2.50 bits per heavy atom. The second-order valence-corrected chi connectivity index (χ2v) is 5.24. The number of benzene rings is 1. The van der Waals surface area contributed by atoms with Gasteiger partial charge in [0.2, 0.25) is 0 Å². The van der Waals surface area contributed by atoms with E-state index in [0.717, 1.165) is 44.2 Å². The molecule has 1 heterocycles. The number of nitrogens with one attached hydrogen (secondary N) is 1. The third-order valence-corrected chi connectivity index (χ3v) is 4.04. The van der Waals surface area contributed by atoms with Crippen LogP contribution in [0.1, 0.15) is 55.5 Å². The lowest BCUT2D eigenvalue weighted by Gasteiger charge is -2.26. The van der Waals surface area contributed by atoms with Crippen molar-refractivity contribution in [1.29, 1.82) is 0 Å². The summed E-state index contributed by atoms with van der Waals surface area (Å²) in [4.78, 5) is 12.6. The van der Waals surface area contributed by atoms with Crippen molar-refractivity contribution in [3.63, 3.8) is 0 Å². The number of carbonyl (C=O) groups is 1. The molecule has 0 aromatic heterocycles. The highest BCUT2D eigenvalue weighted by molar-refractivity contribution is 6.03. The fraction of sp³-hybridized carbons (Fsp3) is 0.562. The van der Waals surface area contributed by atoms with Gasteiger partial charge in [0.25, 0.3) is 0 Å². The van der Waals surface area contributed by atoms with E-state index in [1.54, 1.807) is 0 Å². The van der Waals surface area contributed by atoms with Gasteiger partial charge < -0.3 is 5.32 Å². The van der Waals surface area contributed by atoms with Crippen molar-refractivity contribution in [2.75, 3.05) is 6.54 Å². The lowest BCUT2D eigenvalue weighted by Crippen LogP contribution is -2.46. The van der Waals surface area contributed by atoms with E-state index in [9.17, 15) is 4.79 Å². The van der Waals surface area contributed by atoms with Crippen LogP contribution in [0.15, 0.2) is 24.3 Å². The second-order valence-electron chi connectivity index (χ2n) is 5.24. The van der Waals surface area contributed by atoms with E-state index in [4.69, 9.17) is 0 Å². The molecule has 0 spiro atoms. The predicted molar refractivity (Wildman–Crippen MR) is 75.0 cm³/mol. The number of ketones is 1. The van der Waals surface area contributed by atoms with Crippen LogP contribution in [0.5, 0.6) is 0 Å². The maximum Gasteiger partial charge on any atom is 0.182 e. The fourth-order valence-corrected chi connectivity index (χ4v) is 2.85. The zero-order chi connectivity index (χ0) is 13.0. The molecule has 2 nitrogen and oxygen atoms in total. The second kappa shape index (κ2) is 5.66. The summed E-state index contributed by atoms with van der Waals surface area (Å²) in [6, 6.07) is 8.17. The van der Waals surface area contributed by atoms with Crippen molar-refractivity contribution in [1.82, 2.24) is 5.32 Å². The zero-order valence-electron chi connectivity index (χ0n) is 11.5. The van der Waals surface area contributed by atoms with Gasteiger partial charge >= 0.3 is 0 Å². The number of aryl methyl sites for hydroxylation is 1. The van der Waals surface area contributed by atoms with Gasteiger partial charge in [0.05, 0.1) is 5.54 Å². The van der Waals surface area contributed by atoms with Crippen molar-refractivity contribution >= 4 is 5.78 Å². The number of Topliss-reactive ketones (excluding diaryl/α,β-unsaturated/α-hetero) is 1. The Bertz CT molecular complexity index is 402. The summed E-state index contributed by atoms with van der Waals surface area (Å²) >= 11 is 0. The molecule has 0 amide bonds. The quantitative estimate of drug-likeness (QED) is 0.806. The van der Waals surface area contributed by atoms with Crippen LogP contribution in [-0.2, 0) is 6.42 Å². The van der Waals surface area contributed by atoms with E-state index in [-0.39, 0.29) is 11.3 Å². The monoisotopic (exact) mass is 245 g/mol. The predicted octanol–water partition coefficient (Wildman–Crippen LogP) is 3.35. The van der Waals surface area contributed by atoms with Crippen LogP contribution in [0, 0.1) is 0 Å². The van der Waals surface area contributed by atoms with E-state index in [0.29, 0.717) is 0 Å². The minimum atomic E-state index is -0.299. The fourth-order valence-electron chi connectivity index (χ4n) is 2.85. The van der Waals surface area contributed by atoms with E-state index < -0.39 is 0 Å². The van der Waals surface area contributed by atoms with Crippen LogP contribution in [0.25, 0.3) is 0 Å². The van der Waals surface area contributed by atoms with Crippen molar-refractivity contribution in [3.8, 4) is 0 Å². The van der Waals surface area contributed by atoms with Gasteiger partial charge in [0.1, 0.15) is 0 Å². The molecule has 2 heteroatoms. The van der Waals surface area contributed by atoms with Crippen LogP contribution in [0.3, 0.4) is 0 Å². The molecule has 2 rings (SSSR count). The molecule has 1 aromatic carbocycles. The lowest BCUT2D eigenvalue weighted by molar-refractivity contribution is 0.0864. The van der Waals surface area contributed by atoms with Gasteiger partial charge in [-0.15, -0.1) is 0 Å². The number of hydrogen-bond acceptors (Lipinski definition) is 2. The summed E-state index contributed by atoms with van der Waals surface area (Å²) in [5.41, 5.74) is 1.87. The standard InChI is InChI=1S/C16H23NO/c1-3-6-13-7-9-14(10-8-13)15(18)16(4-2)11-5-12-17-16/h7-10,17H,3-6,11-12H2,1-2H3. The summed E-state index contributed by atoms with van der Waals surface area (Å²) in [5.74, 6) is 0.269. The highest BCUT2D eigenvalue weighted by Gasteiger charge is 2.39. The summed E-state index contributed by atoms with van der Waals surface area (Å²) < 4.78 is 0. The Labute approximate surface area is 110 Å². The average Bonchev–Trinajstić information content (AvgIpc) is 2.89. The molecule has 1 aromatic rings. The topological polar surface area (TPSA) is 29.1 Å². The summed E-state index contributed by atoms with van der Waals surface area (Å²) in [5, 5.41) is 3.41. The normalized spacial score (nSPS) is 23.2. The first-order valence-corrected chi connectivity index (χ1v) is 7.10. The molecule has 0 saturated carbocycles. The van der Waals surface area contributed by atoms with Crippen molar-refractivity contribution in [2.24, 2.45) is 0 Å². The van der Waals surface area contributed by atoms with Gasteiger partial charge in [-0.05, 0) is 37.8 Å². The maximum atomic E-state index is 12.6. The van der Waals surface area contributed by atoms with Crippen LogP contribution >= 0.6 is 0 Å². The van der Waals surface area contributed by atoms with Crippen molar-refractivity contribution < 1.29 is 4.79 Å². The minimum Gasteiger partial charge on any atom is -0.305 e. The summed E-state index contributed by atoms with van der Waals surface area (Å²) in [7, 11) is 0. The van der Waals surface area contributed by atoms with Crippen molar-refractivity contribution in [3.05, 3.63) is 35.4 Å². The van der Waals surface area contributed by atoms with Gasteiger partial charge in [-0.1, -0.05) is 44.5 Å². The Kier molecular flexibility index (Phi) is 4.18. The SMILES string of the molecule is CCCc1ccc(C(=O)C2(CC)CCCN2)cc1. The zero-order valence-corrected chi connectivity index (χ0v) is 11.5. The van der Waals surface area contributed by atoms with Crippen LogP contribution in [0.2, 0.25) is 0 Å². The molecule has 1 atom stereocenters. The van der Waals surface area contributed by atoms with Gasteiger partial charge in [-0.2, -0.15) is 0 Å². The minimum absolute atomic E-state index is 0.269. The molecule has 0 aliphatic carbocycles. The molecule has 1 fully saturated rings. The molecule has 1 unspecified atom stereocenters. The van der Waals surface area contributed by atoms with Crippen LogP contribution in [0.4, 0.5) is 0 Å². The Balaban J connectivity index is 2.17. The largest absolute Gasteiger partial charge is 0.305 e. The van der Waals surface area contributed by atoms with Crippen molar-refractivity contribution in [2.45, 2.75) is 51.5 Å². The maximum absolute atomic E-state index is 12.6. The lowest BCUT2D eigenvalue weighted by atomic mass is 9.85. The summed E-state index contributed by atoms with van der Waals surface area (Å²) in [6.07, 6.45) is 5.19. The molecular formula is C16H23NO. The third kappa shape index (κ3) is 2.49. The van der Waals surface area contributed by atoms with Crippen LogP contribution < -0.4 is 5.32 Å². The first kappa shape index (κ1) is 13.3. The van der Waals surface area contributed by atoms with E-state index >= 15 is 0 Å². The average molecular weight is 245 g/mol. The molecule has 98 valence electrons. The Morgan fingerprint density at radius 2 is 2.00 bits per heavy atom. The molecule has 18 heavy (non-hydrogen) atoms. The molecule has 1 aliphatic rings. The number of carbonyl (C=O) groups excluding carboxylic acids is 1. The molecule has 1 N–H and O–H groups in total. The number of hydrogen-bond donors (Lipinski definition) is 1. The summed E-state index contributed by atoms with van der Waals surface area (Å²) in [6.45, 7) is 5.24. The molecule has 0 bridgehead atoms. The Hall–Kier alpha value is -1.15. The number of rotatable bonds is 5. The molecule has 1 aliphatic heterocycles. The first-order valence-electron chi connectivity index (χ1n) is 7.10. The highest BCUT2D eigenvalue weighted by Crippen LogP contribution is 2.27. The van der Waals surface area contributed by atoms with Crippen LogP contribution in [-0.4, -0.2) is 17.9 Å². The van der Waals surface area contributed by atoms with E-state index in [2.05, 4.69) is 31.3 Å². The smallest absolute Gasteiger partial charge is 0.182 e. The van der Waals surface area contributed by atoms with E-state index in [1.165, 1.54) is 5.56 Å². The first-order chi connectivity index (χ1) is 8.72. The van der Waals surface area contributed by atoms with Gasteiger partial charge in [0.15, 0.2) is 5.78 Å². The molecule has 1 saturated heterocycles.